The number of hydrogen-bond acceptors (Lipinski definition) is 5. The topological polar surface area (TPSA) is 58.1 Å². The first-order valence-electron chi connectivity index (χ1n) is 10.2. The van der Waals surface area contributed by atoms with Gasteiger partial charge in [-0.3, -0.25) is 4.90 Å². The minimum Gasteiger partial charge on any atom is -0.497 e. The van der Waals surface area contributed by atoms with E-state index in [4.69, 9.17) is 14.5 Å². The van der Waals surface area contributed by atoms with E-state index in [1.807, 2.05) is 23.5 Å². The van der Waals surface area contributed by atoms with Gasteiger partial charge in [0.15, 0.2) is 5.96 Å². The Bertz CT molecular complexity index is 779. The summed E-state index contributed by atoms with van der Waals surface area (Å²) in [4.78, 5) is 8.67. The van der Waals surface area contributed by atoms with Gasteiger partial charge in [0, 0.05) is 31.1 Å². The molecule has 3 rings (SSSR count). The summed E-state index contributed by atoms with van der Waals surface area (Å²) in [6.07, 6.45) is 0. The maximum Gasteiger partial charge on any atom is 0.191 e. The predicted octanol–water partition coefficient (Wildman–Crippen LogP) is 3.81. The van der Waals surface area contributed by atoms with Gasteiger partial charge in [0.1, 0.15) is 5.75 Å². The molecule has 2 N–H and O–H groups in total. The lowest BCUT2D eigenvalue weighted by Gasteiger charge is -2.34. The van der Waals surface area contributed by atoms with Gasteiger partial charge in [0.2, 0.25) is 0 Å². The van der Waals surface area contributed by atoms with E-state index in [1.165, 1.54) is 10.4 Å². The number of thiophene rings is 1. The zero-order chi connectivity index (χ0) is 20.5. The maximum absolute atomic E-state index is 5.54. The minimum absolute atomic E-state index is 0. The van der Waals surface area contributed by atoms with Crippen molar-refractivity contribution in [1.29, 1.82) is 0 Å². The molecule has 0 saturated carbocycles. The van der Waals surface area contributed by atoms with Gasteiger partial charge in [-0.05, 0) is 48.6 Å². The molecule has 0 aliphatic carbocycles. The van der Waals surface area contributed by atoms with Crippen LogP contribution < -0.4 is 15.4 Å². The largest absolute Gasteiger partial charge is 0.497 e. The van der Waals surface area contributed by atoms with Crippen molar-refractivity contribution in [2.75, 3.05) is 46.5 Å². The Balaban J connectivity index is 0.00000320. The van der Waals surface area contributed by atoms with Crippen LogP contribution in [0.25, 0.3) is 0 Å². The van der Waals surface area contributed by atoms with Crippen molar-refractivity contribution in [3.05, 3.63) is 51.7 Å². The van der Waals surface area contributed by atoms with Crippen molar-refractivity contribution in [2.24, 2.45) is 4.99 Å². The van der Waals surface area contributed by atoms with Crippen LogP contribution >= 0.6 is 35.3 Å². The molecule has 6 nitrogen and oxygen atoms in total. The van der Waals surface area contributed by atoms with Crippen molar-refractivity contribution in [1.82, 2.24) is 15.5 Å². The molecule has 1 fully saturated rings. The second-order valence-corrected chi connectivity index (χ2v) is 8.09. The molecular weight excluding hydrogens is 511 g/mol. The summed E-state index contributed by atoms with van der Waals surface area (Å²) in [5, 5.41) is 9.07. The molecule has 0 bridgehead atoms. The molecule has 0 amide bonds. The van der Waals surface area contributed by atoms with Gasteiger partial charge in [-0.1, -0.05) is 12.1 Å². The van der Waals surface area contributed by atoms with E-state index >= 15 is 0 Å². The summed E-state index contributed by atoms with van der Waals surface area (Å²) < 4.78 is 10.9. The number of hydrogen-bond donors (Lipinski definition) is 2. The number of nitrogens with zero attached hydrogens (tertiary/aromatic N) is 2. The highest BCUT2D eigenvalue weighted by atomic mass is 127. The molecule has 1 unspecified atom stereocenters. The monoisotopic (exact) mass is 544 g/mol. The molecule has 1 saturated heterocycles. The number of guanidine groups is 1. The maximum atomic E-state index is 5.54. The van der Waals surface area contributed by atoms with Crippen LogP contribution in [0.1, 0.15) is 29.0 Å². The molecule has 1 aromatic heterocycles. The Hall–Kier alpha value is -1.36. The Labute approximate surface area is 201 Å². The fourth-order valence-corrected chi connectivity index (χ4v) is 4.38. The predicted molar refractivity (Wildman–Crippen MR) is 135 cm³/mol. The zero-order valence-electron chi connectivity index (χ0n) is 18.0. The van der Waals surface area contributed by atoms with E-state index in [1.54, 1.807) is 7.11 Å². The average Bonchev–Trinajstić information content (AvgIpc) is 3.27. The molecule has 2 aromatic rings. The van der Waals surface area contributed by atoms with E-state index in [0.717, 1.165) is 56.7 Å². The second-order valence-electron chi connectivity index (χ2n) is 7.11. The Morgan fingerprint density at radius 3 is 2.73 bits per heavy atom. The summed E-state index contributed by atoms with van der Waals surface area (Å²) in [5.74, 6) is 1.71. The minimum atomic E-state index is 0. The van der Waals surface area contributed by atoms with E-state index in [2.05, 4.69) is 53.0 Å². The van der Waals surface area contributed by atoms with E-state index in [-0.39, 0.29) is 24.0 Å². The van der Waals surface area contributed by atoms with Gasteiger partial charge >= 0.3 is 0 Å². The highest BCUT2D eigenvalue weighted by Crippen LogP contribution is 2.25. The first kappa shape index (κ1) is 24.9. The summed E-state index contributed by atoms with van der Waals surface area (Å²) in [6, 6.07) is 10.9. The van der Waals surface area contributed by atoms with Crippen molar-refractivity contribution >= 4 is 41.3 Å². The van der Waals surface area contributed by atoms with Crippen molar-refractivity contribution in [2.45, 2.75) is 26.4 Å². The number of morpholine rings is 1. The van der Waals surface area contributed by atoms with Crippen LogP contribution in [0.5, 0.6) is 5.75 Å². The van der Waals surface area contributed by atoms with Crippen LogP contribution in [0.4, 0.5) is 0 Å². The summed E-state index contributed by atoms with van der Waals surface area (Å²) in [7, 11) is 1.70. The van der Waals surface area contributed by atoms with Gasteiger partial charge < -0.3 is 20.1 Å². The van der Waals surface area contributed by atoms with Gasteiger partial charge in [0.05, 0.1) is 32.9 Å². The molecular formula is C22H33IN4O2S. The third-order valence-electron chi connectivity index (χ3n) is 4.93. The van der Waals surface area contributed by atoms with Gasteiger partial charge in [-0.25, -0.2) is 4.99 Å². The molecule has 8 heteroatoms. The number of aryl methyl sites for hydroxylation is 1. The SMILES string of the molecule is CCNC(=NCc1cc(C)cc(OC)c1)NCC(c1cccs1)N1CCOCC1.I. The molecule has 0 radical (unpaired) electrons. The van der Waals surface area contributed by atoms with E-state index < -0.39 is 0 Å². The van der Waals surface area contributed by atoms with Crippen LogP contribution in [-0.2, 0) is 11.3 Å². The molecule has 0 spiro atoms. The van der Waals surface area contributed by atoms with Gasteiger partial charge in [0.25, 0.3) is 0 Å². The Kier molecular flexibility index (Phi) is 10.9. The summed E-state index contributed by atoms with van der Waals surface area (Å²) in [6.45, 7) is 9.92. The number of methoxy groups -OCH3 is 1. The lowest BCUT2D eigenvalue weighted by Crippen LogP contribution is -2.46. The molecule has 1 aromatic carbocycles. The van der Waals surface area contributed by atoms with Crippen LogP contribution in [-0.4, -0.2) is 57.4 Å². The molecule has 166 valence electrons. The number of rotatable bonds is 8. The third-order valence-corrected chi connectivity index (χ3v) is 5.90. The molecule has 2 heterocycles. The summed E-state index contributed by atoms with van der Waals surface area (Å²) in [5.41, 5.74) is 2.32. The third kappa shape index (κ3) is 7.40. The lowest BCUT2D eigenvalue weighted by atomic mass is 10.1. The van der Waals surface area contributed by atoms with Crippen LogP contribution in [0, 0.1) is 6.92 Å². The molecule has 1 aliphatic heterocycles. The highest BCUT2D eigenvalue weighted by molar-refractivity contribution is 14.0. The Morgan fingerprint density at radius 2 is 2.07 bits per heavy atom. The quantitative estimate of drug-likeness (QED) is 0.301. The number of aliphatic imine (C=N–C) groups is 1. The number of nitrogens with one attached hydrogen (secondary N) is 2. The van der Waals surface area contributed by atoms with Crippen molar-refractivity contribution < 1.29 is 9.47 Å². The number of halogens is 1. The van der Waals surface area contributed by atoms with Crippen molar-refractivity contribution in [3.63, 3.8) is 0 Å². The highest BCUT2D eigenvalue weighted by Gasteiger charge is 2.23. The van der Waals surface area contributed by atoms with E-state index in [0.29, 0.717) is 12.6 Å². The molecule has 1 aliphatic rings. The lowest BCUT2D eigenvalue weighted by molar-refractivity contribution is 0.0177. The first-order chi connectivity index (χ1) is 14.2. The molecule has 30 heavy (non-hydrogen) atoms. The fourth-order valence-electron chi connectivity index (χ4n) is 3.52. The zero-order valence-corrected chi connectivity index (χ0v) is 21.2. The number of ether oxygens (including phenoxy) is 2. The van der Waals surface area contributed by atoms with Gasteiger partial charge in [-0.15, -0.1) is 35.3 Å². The van der Waals surface area contributed by atoms with Crippen LogP contribution in [0.2, 0.25) is 0 Å². The molecule has 1 atom stereocenters. The average molecular weight is 545 g/mol. The number of benzene rings is 1. The fraction of sp³-hybridized carbons (Fsp3) is 0.500. The Morgan fingerprint density at radius 1 is 1.27 bits per heavy atom. The van der Waals surface area contributed by atoms with E-state index in [9.17, 15) is 0 Å². The van der Waals surface area contributed by atoms with Crippen LogP contribution in [0.3, 0.4) is 0 Å². The standard InChI is InChI=1S/C22H32N4O2S.HI/c1-4-23-22(24-15-18-12-17(2)13-19(14-18)27-3)25-16-20(21-6-5-11-29-21)26-7-9-28-10-8-26;/h5-6,11-14,20H,4,7-10,15-16H2,1-3H3,(H2,23,24,25);1H. The second kappa shape index (κ2) is 13.1. The smallest absolute Gasteiger partial charge is 0.191 e. The van der Waals surface area contributed by atoms with Gasteiger partial charge in [-0.2, -0.15) is 0 Å². The van der Waals surface area contributed by atoms with Crippen LogP contribution in [0.15, 0.2) is 40.7 Å². The first-order valence-corrected chi connectivity index (χ1v) is 11.1. The van der Waals surface area contributed by atoms with Crippen molar-refractivity contribution in [3.8, 4) is 5.75 Å². The summed E-state index contributed by atoms with van der Waals surface area (Å²) >= 11 is 1.81. The normalized spacial score (nSPS) is 15.9.